The van der Waals surface area contributed by atoms with Crippen molar-refractivity contribution in [2.45, 2.75) is 37.6 Å². The van der Waals surface area contributed by atoms with Gasteiger partial charge in [0.2, 0.25) is 0 Å². The van der Waals surface area contributed by atoms with Gasteiger partial charge < -0.3 is 19.3 Å². The fourth-order valence-electron chi connectivity index (χ4n) is 1.59. The van der Waals surface area contributed by atoms with Gasteiger partial charge in [-0.05, 0) is 13.8 Å². The first-order valence-corrected chi connectivity index (χ1v) is 4.14. The van der Waals surface area contributed by atoms with Crippen molar-refractivity contribution in [3.8, 4) is 12.3 Å². The molecule has 2 heterocycles. The molecule has 0 aliphatic carbocycles. The van der Waals surface area contributed by atoms with Crippen molar-refractivity contribution in [3.05, 3.63) is 0 Å². The van der Waals surface area contributed by atoms with Crippen LogP contribution >= 0.6 is 0 Å². The van der Waals surface area contributed by atoms with Crippen molar-refractivity contribution in [2.75, 3.05) is 6.61 Å². The van der Waals surface area contributed by atoms with Gasteiger partial charge in [0.15, 0.2) is 23.8 Å². The van der Waals surface area contributed by atoms with Crippen LogP contribution in [0.5, 0.6) is 0 Å². The topological polar surface area (TPSA) is 47.9 Å². The Morgan fingerprint density at radius 1 is 1.46 bits per heavy atom. The summed E-state index contributed by atoms with van der Waals surface area (Å²) in [5, 5.41) is 9.84. The summed E-state index contributed by atoms with van der Waals surface area (Å²) in [6.07, 6.45) is 4.08. The highest BCUT2D eigenvalue weighted by Crippen LogP contribution is 2.39. The molecular formula is C9H12O4. The maximum Gasteiger partial charge on any atom is 0.191 e. The summed E-state index contributed by atoms with van der Waals surface area (Å²) in [7, 11) is 0. The van der Waals surface area contributed by atoms with E-state index in [0.717, 1.165) is 0 Å². The number of terminal acetylenes is 1. The van der Waals surface area contributed by atoms with E-state index in [1.165, 1.54) is 0 Å². The summed E-state index contributed by atoms with van der Waals surface area (Å²) in [4.78, 5) is 0. The first-order chi connectivity index (χ1) is 5.97. The molecule has 0 spiro atoms. The van der Waals surface area contributed by atoms with Crippen LogP contribution in [-0.2, 0) is 14.2 Å². The molecule has 0 saturated carbocycles. The van der Waals surface area contributed by atoms with E-state index in [9.17, 15) is 5.11 Å². The lowest BCUT2D eigenvalue weighted by atomic mass is 10.0. The van der Waals surface area contributed by atoms with Crippen LogP contribution in [0.3, 0.4) is 0 Å². The number of fused-ring (bicyclic) bond motifs is 1. The molecule has 2 aliphatic heterocycles. The van der Waals surface area contributed by atoms with Crippen LogP contribution < -0.4 is 0 Å². The summed E-state index contributed by atoms with van der Waals surface area (Å²) in [6, 6.07) is 0. The standard InChI is InChI=1S/C9H12O4/c1-4-9(10)5-11-7-6(9)12-8(2,3)13-7/h1,6-7,10H,5H2,2-3H3. The Labute approximate surface area is 76.8 Å². The van der Waals surface area contributed by atoms with Gasteiger partial charge in [-0.2, -0.15) is 0 Å². The lowest BCUT2D eigenvalue weighted by molar-refractivity contribution is -0.205. The smallest absolute Gasteiger partial charge is 0.191 e. The second-order valence-corrected chi connectivity index (χ2v) is 3.80. The Kier molecular flexibility index (Phi) is 1.70. The minimum atomic E-state index is -1.35. The fraction of sp³-hybridized carbons (Fsp3) is 0.778. The van der Waals surface area contributed by atoms with Gasteiger partial charge in [-0.1, -0.05) is 5.92 Å². The van der Waals surface area contributed by atoms with E-state index >= 15 is 0 Å². The highest BCUT2D eigenvalue weighted by molar-refractivity contribution is 5.16. The van der Waals surface area contributed by atoms with Crippen LogP contribution in [-0.4, -0.2) is 35.5 Å². The monoisotopic (exact) mass is 184 g/mol. The fourth-order valence-corrected chi connectivity index (χ4v) is 1.59. The average Bonchev–Trinajstić information content (AvgIpc) is 2.49. The lowest BCUT2D eigenvalue weighted by Crippen LogP contribution is -2.42. The SMILES string of the molecule is C#CC1(O)COC2OC(C)(C)OC21. The second-order valence-electron chi connectivity index (χ2n) is 3.80. The van der Waals surface area contributed by atoms with Crippen LogP contribution in [0.2, 0.25) is 0 Å². The van der Waals surface area contributed by atoms with Gasteiger partial charge in [0.05, 0.1) is 6.61 Å². The summed E-state index contributed by atoms with van der Waals surface area (Å²) in [5.74, 6) is 1.54. The van der Waals surface area contributed by atoms with E-state index in [-0.39, 0.29) is 6.61 Å². The third kappa shape index (κ3) is 1.25. The molecule has 0 amide bonds. The highest BCUT2D eigenvalue weighted by Gasteiger charge is 2.57. The maximum absolute atomic E-state index is 9.84. The van der Waals surface area contributed by atoms with Gasteiger partial charge >= 0.3 is 0 Å². The highest BCUT2D eigenvalue weighted by atomic mass is 16.8. The average molecular weight is 184 g/mol. The van der Waals surface area contributed by atoms with Crippen LogP contribution in [0.15, 0.2) is 0 Å². The molecule has 1 N–H and O–H groups in total. The molecule has 3 atom stereocenters. The minimum absolute atomic E-state index is 0.0644. The summed E-state index contributed by atoms with van der Waals surface area (Å²) < 4.78 is 16.0. The molecule has 0 aromatic heterocycles. The maximum atomic E-state index is 9.84. The Morgan fingerprint density at radius 3 is 2.77 bits per heavy atom. The molecule has 0 aromatic rings. The lowest BCUT2D eigenvalue weighted by Gasteiger charge is -2.23. The largest absolute Gasteiger partial charge is 0.373 e. The van der Waals surface area contributed by atoms with Crippen LogP contribution in [0.25, 0.3) is 0 Å². The predicted octanol–water partition coefficient (Wildman–Crippen LogP) is -0.141. The number of hydrogen-bond acceptors (Lipinski definition) is 4. The predicted molar refractivity (Wildman–Crippen MR) is 43.6 cm³/mol. The molecule has 4 nitrogen and oxygen atoms in total. The summed E-state index contributed by atoms with van der Waals surface area (Å²) in [6.45, 7) is 3.58. The number of hydrogen-bond donors (Lipinski definition) is 1. The van der Waals surface area contributed by atoms with Crippen molar-refractivity contribution in [1.82, 2.24) is 0 Å². The third-order valence-electron chi connectivity index (χ3n) is 2.25. The van der Waals surface area contributed by atoms with Gasteiger partial charge in [-0.3, -0.25) is 0 Å². The Bertz CT molecular complexity index is 267. The summed E-state index contributed by atoms with van der Waals surface area (Å²) in [5.41, 5.74) is -1.35. The van der Waals surface area contributed by atoms with Crippen LogP contribution in [0.1, 0.15) is 13.8 Å². The van der Waals surface area contributed by atoms with E-state index in [1.807, 2.05) is 0 Å². The van der Waals surface area contributed by atoms with Crippen LogP contribution in [0, 0.1) is 12.3 Å². The Balaban J connectivity index is 2.22. The van der Waals surface area contributed by atoms with Crippen molar-refractivity contribution in [2.24, 2.45) is 0 Å². The van der Waals surface area contributed by atoms with E-state index in [0.29, 0.717) is 0 Å². The Hall–Kier alpha value is -0.600. The molecule has 72 valence electrons. The first kappa shape index (κ1) is 8.97. The zero-order chi connectivity index (χ0) is 9.69. The van der Waals surface area contributed by atoms with Gasteiger partial charge in [-0.25, -0.2) is 0 Å². The molecule has 13 heavy (non-hydrogen) atoms. The third-order valence-corrected chi connectivity index (χ3v) is 2.25. The molecule has 3 unspecified atom stereocenters. The second kappa shape index (κ2) is 2.46. The summed E-state index contributed by atoms with van der Waals surface area (Å²) >= 11 is 0. The van der Waals surface area contributed by atoms with Crippen molar-refractivity contribution in [1.29, 1.82) is 0 Å². The van der Waals surface area contributed by atoms with Crippen molar-refractivity contribution < 1.29 is 19.3 Å². The van der Waals surface area contributed by atoms with Gasteiger partial charge in [0, 0.05) is 0 Å². The zero-order valence-electron chi connectivity index (χ0n) is 7.61. The number of rotatable bonds is 0. The molecule has 4 heteroatoms. The van der Waals surface area contributed by atoms with E-state index in [1.54, 1.807) is 13.8 Å². The van der Waals surface area contributed by atoms with E-state index in [4.69, 9.17) is 20.6 Å². The molecule has 0 radical (unpaired) electrons. The quantitative estimate of drug-likeness (QED) is 0.532. The molecule has 2 aliphatic rings. The van der Waals surface area contributed by atoms with Gasteiger partial charge in [0.1, 0.15) is 0 Å². The zero-order valence-corrected chi connectivity index (χ0v) is 7.61. The molecule has 2 fully saturated rings. The number of ether oxygens (including phenoxy) is 3. The molecule has 2 rings (SSSR count). The van der Waals surface area contributed by atoms with E-state index < -0.39 is 23.8 Å². The molecular weight excluding hydrogens is 172 g/mol. The van der Waals surface area contributed by atoms with Gasteiger partial charge in [0.25, 0.3) is 0 Å². The van der Waals surface area contributed by atoms with Crippen molar-refractivity contribution >= 4 is 0 Å². The normalized spacial score (nSPS) is 47.2. The minimum Gasteiger partial charge on any atom is -0.373 e. The Morgan fingerprint density at radius 2 is 2.15 bits per heavy atom. The van der Waals surface area contributed by atoms with Crippen LogP contribution in [0.4, 0.5) is 0 Å². The molecule has 2 saturated heterocycles. The molecule has 0 bridgehead atoms. The first-order valence-electron chi connectivity index (χ1n) is 4.14. The number of aliphatic hydroxyl groups is 1. The van der Waals surface area contributed by atoms with E-state index in [2.05, 4.69) is 5.92 Å². The molecule has 0 aromatic carbocycles. The van der Waals surface area contributed by atoms with Crippen molar-refractivity contribution in [3.63, 3.8) is 0 Å². The van der Waals surface area contributed by atoms with Gasteiger partial charge in [-0.15, -0.1) is 6.42 Å².